The van der Waals surface area contributed by atoms with Crippen molar-refractivity contribution in [2.24, 2.45) is 0 Å². The van der Waals surface area contributed by atoms with Crippen LogP contribution in [0.5, 0.6) is 0 Å². The van der Waals surface area contributed by atoms with Crippen molar-refractivity contribution in [3.63, 3.8) is 0 Å². The number of nitrogens with zero attached hydrogens (tertiary/aromatic N) is 2. The average Bonchev–Trinajstić information content (AvgIpc) is 2.89. The topological polar surface area (TPSA) is 71.5 Å². The molecule has 2 aliphatic rings. The van der Waals surface area contributed by atoms with E-state index >= 15 is 0 Å². The predicted octanol–water partition coefficient (Wildman–Crippen LogP) is 1.48. The van der Waals surface area contributed by atoms with Crippen LogP contribution in [0.4, 0.5) is 11.4 Å². The molecular formula is C14H17N3O2. The SMILES string of the molecule is N#Cc1ccc(N)c(N2CCC3(CC2)OCCO3)c1. The number of nitrogens with two attached hydrogens (primary N) is 1. The molecule has 1 aromatic rings. The van der Waals surface area contributed by atoms with Gasteiger partial charge in [-0.3, -0.25) is 0 Å². The Kier molecular flexibility index (Phi) is 3.05. The Morgan fingerprint density at radius 2 is 1.89 bits per heavy atom. The number of hydrogen-bond donors (Lipinski definition) is 1. The smallest absolute Gasteiger partial charge is 0.171 e. The van der Waals surface area contributed by atoms with Crippen LogP contribution < -0.4 is 10.6 Å². The van der Waals surface area contributed by atoms with E-state index in [9.17, 15) is 0 Å². The Morgan fingerprint density at radius 3 is 2.53 bits per heavy atom. The van der Waals surface area contributed by atoms with E-state index < -0.39 is 0 Å². The lowest BCUT2D eigenvalue weighted by Gasteiger charge is -2.39. The lowest BCUT2D eigenvalue weighted by Crippen LogP contribution is -2.45. The highest BCUT2D eigenvalue weighted by Gasteiger charge is 2.40. The highest BCUT2D eigenvalue weighted by atomic mass is 16.7. The minimum absolute atomic E-state index is 0.377. The van der Waals surface area contributed by atoms with Gasteiger partial charge in [-0.1, -0.05) is 0 Å². The van der Waals surface area contributed by atoms with E-state index in [0.29, 0.717) is 24.5 Å². The van der Waals surface area contributed by atoms with Crippen molar-refractivity contribution in [3.05, 3.63) is 23.8 Å². The summed E-state index contributed by atoms with van der Waals surface area (Å²) in [5, 5.41) is 8.97. The number of anilines is 2. The van der Waals surface area contributed by atoms with Crippen molar-refractivity contribution in [1.29, 1.82) is 5.26 Å². The number of ether oxygens (including phenoxy) is 2. The Hall–Kier alpha value is -1.77. The molecule has 0 atom stereocenters. The molecule has 0 bridgehead atoms. The van der Waals surface area contributed by atoms with E-state index in [1.54, 1.807) is 12.1 Å². The Bertz CT molecular complexity index is 508. The van der Waals surface area contributed by atoms with E-state index in [1.165, 1.54) is 0 Å². The first-order valence-corrected chi connectivity index (χ1v) is 6.55. The third-order valence-corrected chi connectivity index (χ3v) is 3.84. The fourth-order valence-electron chi connectivity index (χ4n) is 2.76. The Morgan fingerprint density at radius 1 is 1.21 bits per heavy atom. The highest BCUT2D eigenvalue weighted by molar-refractivity contribution is 5.69. The lowest BCUT2D eigenvalue weighted by molar-refractivity contribution is -0.169. The summed E-state index contributed by atoms with van der Waals surface area (Å²) in [7, 11) is 0. The molecular weight excluding hydrogens is 242 g/mol. The molecule has 1 aromatic carbocycles. The zero-order valence-corrected chi connectivity index (χ0v) is 10.8. The molecule has 0 aliphatic carbocycles. The van der Waals surface area contributed by atoms with Crippen LogP contribution >= 0.6 is 0 Å². The van der Waals surface area contributed by atoms with E-state index in [1.807, 2.05) is 6.07 Å². The van der Waals surface area contributed by atoms with Gasteiger partial charge in [0.05, 0.1) is 36.2 Å². The first-order valence-electron chi connectivity index (χ1n) is 6.55. The van der Waals surface area contributed by atoms with Crippen LogP contribution in [-0.2, 0) is 9.47 Å². The molecule has 100 valence electrons. The van der Waals surface area contributed by atoms with E-state index in [2.05, 4.69) is 11.0 Å². The summed E-state index contributed by atoms with van der Waals surface area (Å²) < 4.78 is 11.4. The van der Waals surface area contributed by atoms with Crippen LogP contribution in [0, 0.1) is 11.3 Å². The molecule has 0 aromatic heterocycles. The molecule has 2 fully saturated rings. The molecule has 2 aliphatic heterocycles. The highest BCUT2D eigenvalue weighted by Crippen LogP contribution is 2.35. The quantitative estimate of drug-likeness (QED) is 0.773. The zero-order valence-electron chi connectivity index (χ0n) is 10.8. The summed E-state index contributed by atoms with van der Waals surface area (Å²) >= 11 is 0. The van der Waals surface area contributed by atoms with Crippen LogP contribution in [0.15, 0.2) is 18.2 Å². The molecule has 5 nitrogen and oxygen atoms in total. The van der Waals surface area contributed by atoms with E-state index in [4.69, 9.17) is 20.5 Å². The number of rotatable bonds is 1. The van der Waals surface area contributed by atoms with E-state index in [0.717, 1.165) is 31.6 Å². The standard InChI is InChI=1S/C14H17N3O2/c15-10-11-1-2-12(16)13(9-11)17-5-3-14(4-6-17)18-7-8-19-14/h1-2,9H,3-8,16H2. The Labute approximate surface area is 112 Å². The fourth-order valence-corrected chi connectivity index (χ4v) is 2.76. The first-order chi connectivity index (χ1) is 9.22. The van der Waals surface area contributed by atoms with Gasteiger partial charge < -0.3 is 20.1 Å². The summed E-state index contributed by atoms with van der Waals surface area (Å²) in [5.74, 6) is -0.377. The van der Waals surface area contributed by atoms with E-state index in [-0.39, 0.29) is 5.79 Å². The van der Waals surface area contributed by atoms with Gasteiger partial charge in [-0.15, -0.1) is 0 Å². The maximum Gasteiger partial charge on any atom is 0.171 e. The van der Waals surface area contributed by atoms with Gasteiger partial charge in [0.25, 0.3) is 0 Å². The second-order valence-electron chi connectivity index (χ2n) is 4.98. The minimum Gasteiger partial charge on any atom is -0.397 e. The molecule has 2 N–H and O–H groups in total. The molecule has 2 saturated heterocycles. The van der Waals surface area contributed by atoms with Crippen LogP contribution in [0.2, 0.25) is 0 Å². The van der Waals surface area contributed by atoms with Crippen molar-refractivity contribution in [2.45, 2.75) is 18.6 Å². The second-order valence-corrected chi connectivity index (χ2v) is 4.98. The van der Waals surface area contributed by atoms with Crippen LogP contribution in [0.1, 0.15) is 18.4 Å². The zero-order chi connectivity index (χ0) is 13.3. The van der Waals surface area contributed by atoms with Gasteiger partial charge in [0, 0.05) is 25.9 Å². The molecule has 19 heavy (non-hydrogen) atoms. The molecule has 0 saturated carbocycles. The third kappa shape index (κ3) is 2.25. The molecule has 0 amide bonds. The number of hydrogen-bond acceptors (Lipinski definition) is 5. The van der Waals surface area contributed by atoms with Gasteiger partial charge in [0.2, 0.25) is 0 Å². The molecule has 2 heterocycles. The summed E-state index contributed by atoms with van der Waals surface area (Å²) in [5.41, 5.74) is 8.29. The molecule has 3 rings (SSSR count). The average molecular weight is 259 g/mol. The van der Waals surface area contributed by atoms with Gasteiger partial charge in [0.1, 0.15) is 0 Å². The third-order valence-electron chi connectivity index (χ3n) is 3.84. The summed E-state index contributed by atoms with van der Waals surface area (Å²) in [6.07, 6.45) is 1.67. The van der Waals surface area contributed by atoms with Gasteiger partial charge in [-0.25, -0.2) is 0 Å². The van der Waals surface area contributed by atoms with Gasteiger partial charge in [-0.05, 0) is 18.2 Å². The van der Waals surface area contributed by atoms with Gasteiger partial charge in [-0.2, -0.15) is 5.26 Å². The molecule has 5 heteroatoms. The fraction of sp³-hybridized carbons (Fsp3) is 0.500. The molecule has 0 radical (unpaired) electrons. The largest absolute Gasteiger partial charge is 0.397 e. The van der Waals surface area contributed by atoms with Crippen molar-refractivity contribution in [1.82, 2.24) is 0 Å². The summed E-state index contributed by atoms with van der Waals surface area (Å²) in [6.45, 7) is 3.04. The van der Waals surface area contributed by atoms with Crippen molar-refractivity contribution >= 4 is 11.4 Å². The predicted molar refractivity (Wildman–Crippen MR) is 71.7 cm³/mol. The van der Waals surface area contributed by atoms with Crippen molar-refractivity contribution < 1.29 is 9.47 Å². The maximum atomic E-state index is 8.97. The lowest BCUT2D eigenvalue weighted by atomic mass is 10.0. The number of piperidine rings is 1. The van der Waals surface area contributed by atoms with Gasteiger partial charge in [0.15, 0.2) is 5.79 Å². The number of nitrogen functional groups attached to an aromatic ring is 1. The monoisotopic (exact) mass is 259 g/mol. The van der Waals surface area contributed by atoms with Crippen molar-refractivity contribution in [3.8, 4) is 6.07 Å². The Balaban J connectivity index is 1.76. The summed E-state index contributed by atoms with van der Waals surface area (Å²) in [6, 6.07) is 7.54. The molecule has 0 unspecified atom stereocenters. The molecule has 1 spiro atoms. The van der Waals surface area contributed by atoms with Crippen molar-refractivity contribution in [2.75, 3.05) is 36.9 Å². The van der Waals surface area contributed by atoms with Crippen LogP contribution in [0.3, 0.4) is 0 Å². The maximum absolute atomic E-state index is 8.97. The number of benzene rings is 1. The first kappa shape index (κ1) is 12.3. The number of nitriles is 1. The normalized spacial score (nSPS) is 21.5. The van der Waals surface area contributed by atoms with Gasteiger partial charge >= 0.3 is 0 Å². The van der Waals surface area contributed by atoms with Crippen LogP contribution in [0.25, 0.3) is 0 Å². The van der Waals surface area contributed by atoms with Crippen LogP contribution in [-0.4, -0.2) is 32.1 Å². The second kappa shape index (κ2) is 4.72. The minimum atomic E-state index is -0.377. The summed E-state index contributed by atoms with van der Waals surface area (Å²) in [4.78, 5) is 2.20.